The number of esters is 1. The van der Waals surface area contributed by atoms with Crippen molar-refractivity contribution < 1.29 is 9.53 Å². The fourth-order valence-corrected chi connectivity index (χ4v) is 3.60. The highest BCUT2D eigenvalue weighted by Gasteiger charge is 2.27. The summed E-state index contributed by atoms with van der Waals surface area (Å²) in [6.07, 6.45) is -0.531. The SMILES string of the molecule is O=C1OC(Nc2ccccc2)c2cccc3ccc4cccc1c4c23. The van der Waals surface area contributed by atoms with E-state index >= 15 is 0 Å². The van der Waals surface area contributed by atoms with Crippen molar-refractivity contribution in [3.05, 3.63) is 90.0 Å². The van der Waals surface area contributed by atoms with Crippen LogP contribution in [0.5, 0.6) is 0 Å². The summed E-state index contributed by atoms with van der Waals surface area (Å²) in [4.78, 5) is 12.8. The second-order valence-electron chi connectivity index (χ2n) is 6.21. The zero-order chi connectivity index (χ0) is 16.8. The van der Waals surface area contributed by atoms with Gasteiger partial charge in [-0.1, -0.05) is 60.7 Å². The fraction of sp³-hybridized carbons (Fsp3) is 0.0455. The van der Waals surface area contributed by atoms with E-state index in [9.17, 15) is 4.79 Å². The summed E-state index contributed by atoms with van der Waals surface area (Å²) in [6, 6.07) is 25.8. The summed E-state index contributed by atoms with van der Waals surface area (Å²) in [5, 5.41) is 7.55. The van der Waals surface area contributed by atoms with Crippen molar-refractivity contribution in [2.75, 3.05) is 5.32 Å². The lowest BCUT2D eigenvalue weighted by atomic mass is 9.94. The number of hydrogen-bond donors (Lipinski definition) is 1. The number of hydrogen-bond acceptors (Lipinski definition) is 3. The van der Waals surface area contributed by atoms with Gasteiger partial charge in [0.25, 0.3) is 0 Å². The molecule has 1 heterocycles. The van der Waals surface area contributed by atoms with Crippen LogP contribution < -0.4 is 5.32 Å². The normalized spacial score (nSPS) is 16.0. The van der Waals surface area contributed by atoms with Crippen LogP contribution in [0.1, 0.15) is 22.1 Å². The van der Waals surface area contributed by atoms with Gasteiger partial charge in [0.2, 0.25) is 6.23 Å². The summed E-state index contributed by atoms with van der Waals surface area (Å²) >= 11 is 0. The monoisotopic (exact) mass is 325 g/mol. The molecule has 1 unspecified atom stereocenters. The van der Waals surface area contributed by atoms with E-state index in [0.29, 0.717) is 5.56 Å². The Morgan fingerprint density at radius 1 is 0.720 bits per heavy atom. The first-order valence-corrected chi connectivity index (χ1v) is 8.28. The van der Waals surface area contributed by atoms with Gasteiger partial charge in [-0.15, -0.1) is 0 Å². The molecule has 4 aromatic carbocycles. The molecule has 5 rings (SSSR count). The number of anilines is 1. The second kappa shape index (κ2) is 5.35. The quantitative estimate of drug-likeness (QED) is 0.403. The van der Waals surface area contributed by atoms with Crippen LogP contribution in [0.15, 0.2) is 78.9 Å². The molecule has 25 heavy (non-hydrogen) atoms. The predicted octanol–water partition coefficient (Wildman–Crippen LogP) is 5.27. The molecule has 0 spiro atoms. The van der Waals surface area contributed by atoms with E-state index in [4.69, 9.17) is 4.74 Å². The van der Waals surface area contributed by atoms with Crippen molar-refractivity contribution in [1.82, 2.24) is 0 Å². The lowest BCUT2D eigenvalue weighted by molar-refractivity contribution is 0.0365. The summed E-state index contributed by atoms with van der Waals surface area (Å²) < 4.78 is 5.83. The zero-order valence-electron chi connectivity index (χ0n) is 13.4. The minimum atomic E-state index is -0.531. The number of benzene rings is 4. The Morgan fingerprint density at radius 2 is 1.44 bits per heavy atom. The summed E-state index contributed by atoms with van der Waals surface area (Å²) in [5.41, 5.74) is 2.51. The van der Waals surface area contributed by atoms with Crippen LogP contribution in [0.3, 0.4) is 0 Å². The van der Waals surface area contributed by atoms with Crippen LogP contribution >= 0.6 is 0 Å². The fourth-order valence-electron chi connectivity index (χ4n) is 3.60. The van der Waals surface area contributed by atoms with E-state index in [0.717, 1.165) is 32.8 Å². The second-order valence-corrected chi connectivity index (χ2v) is 6.21. The zero-order valence-corrected chi connectivity index (χ0v) is 13.4. The summed E-state index contributed by atoms with van der Waals surface area (Å²) in [6.45, 7) is 0. The van der Waals surface area contributed by atoms with Gasteiger partial charge in [-0.2, -0.15) is 0 Å². The van der Waals surface area contributed by atoms with E-state index in [1.165, 1.54) is 0 Å². The molecular formula is C22H15NO2. The number of cyclic esters (lactones) is 1. The third-order valence-corrected chi connectivity index (χ3v) is 4.72. The molecule has 0 fully saturated rings. The maximum atomic E-state index is 12.8. The topological polar surface area (TPSA) is 38.3 Å². The lowest BCUT2D eigenvalue weighted by Crippen LogP contribution is -2.17. The van der Waals surface area contributed by atoms with Crippen LogP contribution in [0.2, 0.25) is 0 Å². The Morgan fingerprint density at radius 3 is 2.24 bits per heavy atom. The van der Waals surface area contributed by atoms with Crippen molar-refractivity contribution in [3.8, 4) is 0 Å². The van der Waals surface area contributed by atoms with Gasteiger partial charge in [-0.3, -0.25) is 0 Å². The van der Waals surface area contributed by atoms with E-state index in [1.54, 1.807) is 0 Å². The standard InChI is InChI=1S/C22H15NO2/c24-22-18-11-5-7-15-13-12-14-6-4-10-17(19(14)20(15)18)21(25-22)23-16-8-2-1-3-9-16/h1-13,21,23H. The predicted molar refractivity (Wildman–Crippen MR) is 99.7 cm³/mol. The molecule has 1 atom stereocenters. The van der Waals surface area contributed by atoms with Gasteiger partial charge in [0.15, 0.2) is 0 Å². The third kappa shape index (κ3) is 2.17. The molecule has 0 aromatic heterocycles. The van der Waals surface area contributed by atoms with Crippen molar-refractivity contribution in [1.29, 1.82) is 0 Å². The molecule has 0 saturated carbocycles. The average molecular weight is 325 g/mol. The van der Waals surface area contributed by atoms with Gasteiger partial charge >= 0.3 is 5.97 Å². The minimum Gasteiger partial charge on any atom is -0.434 e. The Balaban J connectivity index is 1.80. The molecule has 0 aliphatic carbocycles. The van der Waals surface area contributed by atoms with Crippen molar-refractivity contribution >= 4 is 33.2 Å². The highest BCUT2D eigenvalue weighted by Crippen LogP contribution is 2.38. The van der Waals surface area contributed by atoms with Crippen LogP contribution in [0.25, 0.3) is 21.5 Å². The van der Waals surface area contributed by atoms with Crippen LogP contribution in [-0.2, 0) is 4.74 Å². The van der Waals surface area contributed by atoms with Crippen LogP contribution in [-0.4, -0.2) is 5.97 Å². The van der Waals surface area contributed by atoms with E-state index < -0.39 is 6.23 Å². The summed E-state index contributed by atoms with van der Waals surface area (Å²) in [5.74, 6) is -0.303. The van der Waals surface area contributed by atoms with Gasteiger partial charge in [0.05, 0.1) is 5.56 Å². The Bertz CT molecular complexity index is 1120. The molecule has 0 radical (unpaired) electrons. The molecule has 0 bridgehead atoms. The first kappa shape index (κ1) is 14.1. The number of nitrogens with one attached hydrogen (secondary N) is 1. The van der Waals surface area contributed by atoms with Gasteiger partial charge in [-0.05, 0) is 34.4 Å². The number of para-hydroxylation sites is 1. The Labute approximate surface area is 144 Å². The molecular weight excluding hydrogens is 310 g/mol. The molecule has 120 valence electrons. The smallest absolute Gasteiger partial charge is 0.340 e. The van der Waals surface area contributed by atoms with Crippen molar-refractivity contribution in [2.45, 2.75) is 6.23 Å². The van der Waals surface area contributed by atoms with Gasteiger partial charge in [-0.25, -0.2) is 4.79 Å². The number of ether oxygens (including phenoxy) is 1. The lowest BCUT2D eigenvalue weighted by Gasteiger charge is -2.20. The van der Waals surface area contributed by atoms with Crippen molar-refractivity contribution in [2.24, 2.45) is 0 Å². The van der Waals surface area contributed by atoms with Crippen LogP contribution in [0.4, 0.5) is 5.69 Å². The number of carbonyl (C=O) groups is 1. The number of carbonyl (C=O) groups excluding carboxylic acids is 1. The molecule has 0 amide bonds. The highest BCUT2D eigenvalue weighted by molar-refractivity contribution is 6.18. The van der Waals surface area contributed by atoms with Crippen molar-refractivity contribution in [3.63, 3.8) is 0 Å². The Hall–Kier alpha value is -3.33. The van der Waals surface area contributed by atoms with E-state index in [2.05, 4.69) is 23.5 Å². The van der Waals surface area contributed by atoms with Gasteiger partial charge < -0.3 is 10.1 Å². The molecule has 1 aliphatic rings. The number of rotatable bonds is 2. The molecule has 1 N–H and O–H groups in total. The molecule has 3 heteroatoms. The third-order valence-electron chi connectivity index (χ3n) is 4.72. The maximum Gasteiger partial charge on any atom is 0.340 e. The molecule has 0 saturated heterocycles. The largest absolute Gasteiger partial charge is 0.434 e. The summed E-state index contributed by atoms with van der Waals surface area (Å²) in [7, 11) is 0. The molecule has 4 aromatic rings. The van der Waals surface area contributed by atoms with E-state index in [1.807, 2.05) is 60.7 Å². The minimum absolute atomic E-state index is 0.303. The Kier molecular flexibility index (Phi) is 3.01. The average Bonchev–Trinajstić information content (AvgIpc) is 2.78. The van der Waals surface area contributed by atoms with Gasteiger partial charge in [0.1, 0.15) is 0 Å². The van der Waals surface area contributed by atoms with Crippen LogP contribution in [0, 0.1) is 0 Å². The highest BCUT2D eigenvalue weighted by atomic mass is 16.6. The molecule has 3 nitrogen and oxygen atoms in total. The van der Waals surface area contributed by atoms with Gasteiger partial charge in [0, 0.05) is 16.6 Å². The van der Waals surface area contributed by atoms with E-state index in [-0.39, 0.29) is 5.97 Å². The first-order chi connectivity index (χ1) is 12.3. The first-order valence-electron chi connectivity index (χ1n) is 8.28. The maximum absolute atomic E-state index is 12.8. The molecule has 1 aliphatic heterocycles.